The van der Waals surface area contributed by atoms with Gasteiger partial charge in [-0.05, 0) is 63.8 Å². The molecule has 0 nitrogen and oxygen atoms in total. The second-order valence-corrected chi connectivity index (χ2v) is 7.49. The van der Waals surface area contributed by atoms with Gasteiger partial charge < -0.3 is 0 Å². The fourth-order valence-electron chi connectivity index (χ4n) is 4.23. The van der Waals surface area contributed by atoms with Crippen LogP contribution in [0.4, 0.5) is 0 Å². The van der Waals surface area contributed by atoms with Gasteiger partial charge in [-0.2, -0.15) is 0 Å². The third-order valence-electron chi connectivity index (χ3n) is 5.30. The molecule has 2 atom stereocenters. The maximum atomic E-state index is 3.63. The Hall–Kier alpha value is -1.34. The fraction of sp³-hybridized carbons (Fsp3) is 0.333. The average Bonchev–Trinajstić information content (AvgIpc) is 2.54. The lowest BCUT2D eigenvalue weighted by atomic mass is 9.75. The van der Waals surface area contributed by atoms with Gasteiger partial charge in [0.15, 0.2) is 0 Å². The monoisotopic (exact) mass is 352 g/mol. The van der Waals surface area contributed by atoms with E-state index in [9.17, 15) is 0 Å². The van der Waals surface area contributed by atoms with Crippen molar-refractivity contribution >= 4 is 37.5 Å². The van der Waals surface area contributed by atoms with E-state index in [-0.39, 0.29) is 0 Å². The van der Waals surface area contributed by atoms with Crippen LogP contribution in [0.25, 0.3) is 21.5 Å². The first-order valence-corrected chi connectivity index (χ1v) is 9.39. The predicted octanol–water partition coefficient (Wildman–Crippen LogP) is 6.44. The quantitative estimate of drug-likeness (QED) is 0.367. The van der Waals surface area contributed by atoms with Crippen molar-refractivity contribution in [3.8, 4) is 0 Å². The van der Waals surface area contributed by atoms with Crippen molar-refractivity contribution in [3.05, 3.63) is 59.7 Å². The van der Waals surface area contributed by atoms with Crippen LogP contribution in [-0.4, -0.2) is 5.33 Å². The van der Waals surface area contributed by atoms with Crippen LogP contribution >= 0.6 is 15.9 Å². The highest BCUT2D eigenvalue weighted by molar-refractivity contribution is 9.09. The van der Waals surface area contributed by atoms with E-state index < -0.39 is 0 Å². The molecule has 0 bridgehead atoms. The van der Waals surface area contributed by atoms with Gasteiger partial charge in [0.25, 0.3) is 0 Å². The Morgan fingerprint density at radius 2 is 1.77 bits per heavy atom. The molecule has 4 rings (SSSR count). The number of benzene rings is 3. The van der Waals surface area contributed by atoms with Gasteiger partial charge in [0.2, 0.25) is 0 Å². The fourth-order valence-corrected chi connectivity index (χ4v) is 4.88. The Balaban J connectivity index is 1.95. The van der Waals surface area contributed by atoms with Crippen LogP contribution in [0.5, 0.6) is 0 Å². The average molecular weight is 353 g/mol. The predicted molar refractivity (Wildman–Crippen MR) is 100 cm³/mol. The number of rotatable bonds is 2. The number of hydrogen-bond acceptors (Lipinski definition) is 0. The van der Waals surface area contributed by atoms with E-state index in [4.69, 9.17) is 0 Å². The van der Waals surface area contributed by atoms with E-state index in [1.54, 1.807) is 11.1 Å². The van der Waals surface area contributed by atoms with Gasteiger partial charge in [-0.15, -0.1) is 0 Å². The molecule has 0 fully saturated rings. The molecule has 0 heterocycles. The van der Waals surface area contributed by atoms with E-state index in [0.29, 0.717) is 5.92 Å². The Morgan fingerprint density at radius 3 is 2.64 bits per heavy atom. The van der Waals surface area contributed by atoms with Crippen LogP contribution < -0.4 is 0 Å². The molecule has 0 aliphatic heterocycles. The molecule has 0 saturated heterocycles. The Morgan fingerprint density at radius 1 is 0.955 bits per heavy atom. The third kappa shape index (κ3) is 2.27. The van der Waals surface area contributed by atoms with Gasteiger partial charge in [-0.3, -0.25) is 0 Å². The minimum absolute atomic E-state index is 0.684. The molecule has 22 heavy (non-hydrogen) atoms. The molecule has 3 aromatic rings. The zero-order valence-electron chi connectivity index (χ0n) is 13.0. The van der Waals surface area contributed by atoms with Crippen LogP contribution in [0, 0.1) is 5.92 Å². The minimum atomic E-state index is 0.684. The lowest BCUT2D eigenvalue weighted by Gasteiger charge is -2.30. The molecule has 2 unspecified atom stereocenters. The van der Waals surface area contributed by atoms with Gasteiger partial charge in [-0.1, -0.05) is 71.4 Å². The number of alkyl halides is 1. The normalized spacial score (nSPS) is 21.2. The van der Waals surface area contributed by atoms with Crippen LogP contribution in [0.1, 0.15) is 36.8 Å². The summed E-state index contributed by atoms with van der Waals surface area (Å²) in [6, 6.07) is 18.1. The molecule has 0 amide bonds. The number of halogens is 1. The number of hydrogen-bond donors (Lipinski definition) is 0. The highest BCUT2D eigenvalue weighted by Gasteiger charge is 2.25. The van der Waals surface area contributed by atoms with Crippen LogP contribution in [0.15, 0.2) is 48.5 Å². The molecule has 0 N–H and O–H groups in total. The highest BCUT2D eigenvalue weighted by atomic mass is 79.9. The Kier molecular flexibility index (Phi) is 3.69. The summed E-state index contributed by atoms with van der Waals surface area (Å²) < 4.78 is 0. The van der Waals surface area contributed by atoms with E-state index in [1.165, 1.54) is 40.8 Å². The summed E-state index contributed by atoms with van der Waals surface area (Å²) in [5.74, 6) is 1.50. The van der Waals surface area contributed by atoms with Crippen molar-refractivity contribution in [3.63, 3.8) is 0 Å². The van der Waals surface area contributed by atoms with E-state index in [0.717, 1.165) is 11.2 Å². The molecule has 0 radical (unpaired) electrons. The van der Waals surface area contributed by atoms with Crippen molar-refractivity contribution in [2.45, 2.75) is 32.1 Å². The second kappa shape index (κ2) is 5.70. The first-order valence-electron chi connectivity index (χ1n) is 8.27. The van der Waals surface area contributed by atoms with Crippen molar-refractivity contribution < 1.29 is 0 Å². The van der Waals surface area contributed by atoms with Gasteiger partial charge in [0.1, 0.15) is 0 Å². The topological polar surface area (TPSA) is 0 Å². The number of fused-ring (bicyclic) bond motifs is 5. The molecule has 0 saturated carbocycles. The molecular weight excluding hydrogens is 332 g/mol. The maximum Gasteiger partial charge on any atom is 0.00340 e. The van der Waals surface area contributed by atoms with Crippen molar-refractivity contribution in [1.29, 1.82) is 0 Å². The second-order valence-electron chi connectivity index (χ2n) is 6.70. The molecule has 1 heteroatoms. The molecule has 3 aromatic carbocycles. The third-order valence-corrected chi connectivity index (χ3v) is 5.76. The van der Waals surface area contributed by atoms with Crippen molar-refractivity contribution in [2.24, 2.45) is 5.92 Å². The van der Waals surface area contributed by atoms with Gasteiger partial charge in [0.05, 0.1) is 0 Å². The van der Waals surface area contributed by atoms with E-state index >= 15 is 0 Å². The van der Waals surface area contributed by atoms with E-state index in [2.05, 4.69) is 71.4 Å². The smallest absolute Gasteiger partial charge is 0.00340 e. The van der Waals surface area contributed by atoms with Gasteiger partial charge in [-0.25, -0.2) is 0 Å². The SMILES string of the molecule is CC1CC(CCBr)Cc2c1ccc1c2ccc2ccccc21. The summed E-state index contributed by atoms with van der Waals surface area (Å²) in [4.78, 5) is 0. The molecule has 0 aromatic heterocycles. The largest absolute Gasteiger partial charge is 0.0928 e. The zero-order chi connectivity index (χ0) is 15.1. The molecule has 1 aliphatic rings. The molecule has 112 valence electrons. The standard InChI is InChI=1S/C21H21Br/c1-14-12-15(10-11-22)13-21-17(14)8-9-19-18-5-3-2-4-16(18)6-7-20(19)21/h2-9,14-15H,10-13H2,1H3. The summed E-state index contributed by atoms with van der Waals surface area (Å²) in [5.41, 5.74) is 3.18. The van der Waals surface area contributed by atoms with Crippen LogP contribution in [-0.2, 0) is 6.42 Å². The van der Waals surface area contributed by atoms with Crippen molar-refractivity contribution in [2.75, 3.05) is 5.33 Å². The lowest BCUT2D eigenvalue weighted by molar-refractivity contribution is 0.410. The van der Waals surface area contributed by atoms with Gasteiger partial charge >= 0.3 is 0 Å². The Bertz CT molecular complexity index is 834. The minimum Gasteiger partial charge on any atom is -0.0928 e. The first kappa shape index (κ1) is 14.3. The summed E-state index contributed by atoms with van der Waals surface area (Å²) in [6.07, 6.45) is 3.85. The lowest BCUT2D eigenvalue weighted by Crippen LogP contribution is -2.18. The maximum absolute atomic E-state index is 3.63. The van der Waals surface area contributed by atoms with Crippen LogP contribution in [0.3, 0.4) is 0 Å². The van der Waals surface area contributed by atoms with Gasteiger partial charge in [0, 0.05) is 5.33 Å². The van der Waals surface area contributed by atoms with Crippen molar-refractivity contribution in [1.82, 2.24) is 0 Å². The first-order chi connectivity index (χ1) is 10.8. The highest BCUT2D eigenvalue weighted by Crippen LogP contribution is 2.41. The summed E-state index contributed by atoms with van der Waals surface area (Å²) in [7, 11) is 0. The molecular formula is C21H21Br. The Labute approximate surface area is 140 Å². The summed E-state index contributed by atoms with van der Waals surface area (Å²) >= 11 is 3.63. The summed E-state index contributed by atoms with van der Waals surface area (Å²) in [5, 5.41) is 6.74. The summed E-state index contributed by atoms with van der Waals surface area (Å²) in [6.45, 7) is 2.39. The van der Waals surface area contributed by atoms with E-state index in [1.807, 2.05) is 0 Å². The molecule has 0 spiro atoms. The van der Waals surface area contributed by atoms with Crippen LogP contribution in [0.2, 0.25) is 0 Å². The zero-order valence-corrected chi connectivity index (χ0v) is 14.6. The molecule has 1 aliphatic carbocycles.